The molecule has 1 aliphatic rings. The fourth-order valence-electron chi connectivity index (χ4n) is 1.59. The first-order chi connectivity index (χ1) is 6.68. The molecule has 0 spiro atoms. The van der Waals surface area contributed by atoms with Gasteiger partial charge in [-0.25, -0.2) is 0 Å². The molecule has 1 aromatic heterocycles. The molecule has 0 saturated heterocycles. The molecule has 76 valence electrons. The molecule has 3 nitrogen and oxygen atoms in total. The second kappa shape index (κ2) is 3.48. The van der Waals surface area contributed by atoms with E-state index in [9.17, 15) is 4.79 Å². The Morgan fingerprint density at radius 2 is 2.36 bits per heavy atom. The van der Waals surface area contributed by atoms with Crippen LogP contribution >= 0.6 is 0 Å². The van der Waals surface area contributed by atoms with Gasteiger partial charge in [-0.3, -0.25) is 4.79 Å². The summed E-state index contributed by atoms with van der Waals surface area (Å²) in [5.74, 6) is 1.03. The molecule has 14 heavy (non-hydrogen) atoms. The molecule has 0 radical (unpaired) electrons. The van der Waals surface area contributed by atoms with Gasteiger partial charge in [0.05, 0.1) is 6.26 Å². The summed E-state index contributed by atoms with van der Waals surface area (Å²) in [6.07, 6.45) is 4.02. The number of carbonyl (C=O) groups excluding carboxylic acids is 1. The minimum absolute atomic E-state index is 0.0908. The lowest BCUT2D eigenvalue weighted by molar-refractivity contribution is 0.0907. The summed E-state index contributed by atoms with van der Waals surface area (Å²) in [5.41, 5.74) is 0.894. The summed E-state index contributed by atoms with van der Waals surface area (Å²) in [4.78, 5) is 11.7. The fourth-order valence-corrected chi connectivity index (χ4v) is 1.59. The predicted octanol–water partition coefficient (Wildman–Crippen LogP) is 2.12. The molecule has 2 rings (SSSR count). The molecule has 1 fully saturated rings. The van der Waals surface area contributed by atoms with Gasteiger partial charge in [-0.15, -0.1) is 0 Å². The Bertz CT molecular complexity index is 339. The summed E-state index contributed by atoms with van der Waals surface area (Å²) in [5, 5.41) is 2.95. The number of carbonyl (C=O) groups is 1. The molecule has 1 heterocycles. The number of furan rings is 1. The standard InChI is InChI=1S/C11H15NO2/c1-7-5-6-14-10(7)11(13)12-8(2)9-3-4-9/h5-6,8-9H,3-4H2,1-2H3,(H,12,13)/t8-/m1/s1. The van der Waals surface area contributed by atoms with E-state index in [2.05, 4.69) is 5.32 Å². The van der Waals surface area contributed by atoms with Gasteiger partial charge in [0.1, 0.15) is 0 Å². The molecule has 1 amide bonds. The number of hydrogen-bond acceptors (Lipinski definition) is 2. The van der Waals surface area contributed by atoms with Crippen LogP contribution in [-0.2, 0) is 0 Å². The second-order valence-electron chi connectivity index (χ2n) is 4.03. The number of amides is 1. The number of hydrogen-bond donors (Lipinski definition) is 1. The molecule has 0 aliphatic heterocycles. The van der Waals surface area contributed by atoms with Crippen molar-refractivity contribution >= 4 is 5.91 Å². The number of rotatable bonds is 3. The van der Waals surface area contributed by atoms with Crippen LogP contribution in [0.4, 0.5) is 0 Å². The van der Waals surface area contributed by atoms with Crippen LogP contribution in [0.2, 0.25) is 0 Å². The summed E-state index contributed by atoms with van der Waals surface area (Å²) in [7, 11) is 0. The first kappa shape index (κ1) is 9.31. The van der Waals surface area contributed by atoms with Gasteiger partial charge in [0.15, 0.2) is 5.76 Å². The van der Waals surface area contributed by atoms with Crippen LogP contribution < -0.4 is 5.32 Å². The lowest BCUT2D eigenvalue weighted by Gasteiger charge is -2.11. The Kier molecular flexibility index (Phi) is 2.32. The van der Waals surface area contributed by atoms with Crippen molar-refractivity contribution in [3.05, 3.63) is 23.7 Å². The normalized spacial score (nSPS) is 17.9. The van der Waals surface area contributed by atoms with Crippen LogP contribution in [-0.4, -0.2) is 11.9 Å². The third-order valence-corrected chi connectivity index (χ3v) is 2.76. The first-order valence-electron chi connectivity index (χ1n) is 5.03. The van der Waals surface area contributed by atoms with E-state index in [1.807, 2.05) is 13.8 Å². The van der Waals surface area contributed by atoms with E-state index in [1.54, 1.807) is 12.3 Å². The second-order valence-corrected chi connectivity index (χ2v) is 4.03. The van der Waals surface area contributed by atoms with E-state index in [-0.39, 0.29) is 11.9 Å². The Morgan fingerprint density at radius 1 is 1.64 bits per heavy atom. The Balaban J connectivity index is 1.98. The molecule has 3 heteroatoms. The van der Waals surface area contributed by atoms with E-state index < -0.39 is 0 Å². The van der Waals surface area contributed by atoms with Crippen LogP contribution in [0.5, 0.6) is 0 Å². The zero-order valence-electron chi connectivity index (χ0n) is 8.54. The third-order valence-electron chi connectivity index (χ3n) is 2.76. The predicted molar refractivity (Wildman–Crippen MR) is 53.1 cm³/mol. The van der Waals surface area contributed by atoms with Gasteiger partial charge in [-0.05, 0) is 38.7 Å². The Labute approximate surface area is 83.5 Å². The summed E-state index contributed by atoms with van der Waals surface area (Å²) in [6.45, 7) is 3.92. The van der Waals surface area contributed by atoms with E-state index in [4.69, 9.17) is 4.42 Å². The van der Waals surface area contributed by atoms with Gasteiger partial charge in [0.2, 0.25) is 0 Å². The Hall–Kier alpha value is -1.25. The maximum absolute atomic E-state index is 11.7. The van der Waals surface area contributed by atoms with Crippen LogP contribution in [0.3, 0.4) is 0 Å². The smallest absolute Gasteiger partial charge is 0.287 e. The average Bonchev–Trinajstić information content (AvgIpc) is 2.89. The molecule has 0 bridgehead atoms. The topological polar surface area (TPSA) is 42.2 Å². The molecular weight excluding hydrogens is 178 g/mol. The molecule has 1 aromatic rings. The molecule has 1 N–H and O–H groups in total. The highest BCUT2D eigenvalue weighted by molar-refractivity contribution is 5.92. The van der Waals surface area contributed by atoms with Gasteiger partial charge in [0.25, 0.3) is 5.91 Å². The summed E-state index contributed by atoms with van der Waals surface area (Å²) >= 11 is 0. The lowest BCUT2D eigenvalue weighted by Crippen LogP contribution is -2.34. The zero-order chi connectivity index (χ0) is 10.1. The van der Waals surface area contributed by atoms with Crippen LogP contribution in [0.15, 0.2) is 16.7 Å². The van der Waals surface area contributed by atoms with Crippen molar-refractivity contribution in [2.75, 3.05) is 0 Å². The highest BCUT2D eigenvalue weighted by Gasteiger charge is 2.29. The largest absolute Gasteiger partial charge is 0.459 e. The van der Waals surface area contributed by atoms with Gasteiger partial charge in [-0.1, -0.05) is 0 Å². The van der Waals surface area contributed by atoms with E-state index >= 15 is 0 Å². The minimum atomic E-state index is -0.0908. The SMILES string of the molecule is Cc1ccoc1C(=O)N[C@H](C)C1CC1. The van der Waals surface area contributed by atoms with Gasteiger partial charge < -0.3 is 9.73 Å². The maximum atomic E-state index is 11.7. The van der Waals surface area contributed by atoms with E-state index in [1.165, 1.54) is 12.8 Å². The molecule has 1 saturated carbocycles. The van der Waals surface area contributed by atoms with Crippen LogP contribution in [0.25, 0.3) is 0 Å². The quantitative estimate of drug-likeness (QED) is 0.798. The monoisotopic (exact) mass is 193 g/mol. The van der Waals surface area contributed by atoms with Crippen molar-refractivity contribution in [2.45, 2.75) is 32.7 Å². The highest BCUT2D eigenvalue weighted by Crippen LogP contribution is 2.32. The van der Waals surface area contributed by atoms with Gasteiger partial charge in [0, 0.05) is 11.6 Å². The summed E-state index contributed by atoms with van der Waals surface area (Å²) in [6, 6.07) is 2.07. The van der Waals surface area contributed by atoms with Crippen molar-refractivity contribution in [1.29, 1.82) is 0 Å². The summed E-state index contributed by atoms with van der Waals surface area (Å²) < 4.78 is 5.12. The lowest BCUT2D eigenvalue weighted by atomic mass is 10.2. The van der Waals surface area contributed by atoms with Crippen molar-refractivity contribution in [1.82, 2.24) is 5.32 Å². The minimum Gasteiger partial charge on any atom is -0.459 e. The number of aryl methyl sites for hydroxylation is 1. The van der Waals surface area contributed by atoms with Gasteiger partial charge in [-0.2, -0.15) is 0 Å². The third kappa shape index (κ3) is 1.81. The first-order valence-corrected chi connectivity index (χ1v) is 5.03. The maximum Gasteiger partial charge on any atom is 0.287 e. The van der Waals surface area contributed by atoms with Crippen molar-refractivity contribution < 1.29 is 9.21 Å². The number of nitrogens with one attached hydrogen (secondary N) is 1. The van der Waals surface area contributed by atoms with Crippen LogP contribution in [0, 0.1) is 12.8 Å². The van der Waals surface area contributed by atoms with Crippen molar-refractivity contribution in [3.63, 3.8) is 0 Å². The van der Waals surface area contributed by atoms with E-state index in [0.717, 1.165) is 5.56 Å². The molecule has 1 atom stereocenters. The highest BCUT2D eigenvalue weighted by atomic mass is 16.3. The van der Waals surface area contributed by atoms with Crippen molar-refractivity contribution in [3.8, 4) is 0 Å². The van der Waals surface area contributed by atoms with Gasteiger partial charge >= 0.3 is 0 Å². The van der Waals surface area contributed by atoms with E-state index in [0.29, 0.717) is 11.7 Å². The molecule has 0 unspecified atom stereocenters. The fraction of sp³-hybridized carbons (Fsp3) is 0.545. The molecular formula is C11H15NO2. The van der Waals surface area contributed by atoms with Crippen LogP contribution in [0.1, 0.15) is 35.9 Å². The van der Waals surface area contributed by atoms with Crippen molar-refractivity contribution in [2.24, 2.45) is 5.92 Å². The molecule has 0 aromatic carbocycles. The zero-order valence-corrected chi connectivity index (χ0v) is 8.54. The average molecular weight is 193 g/mol. The Morgan fingerprint density at radius 3 is 2.86 bits per heavy atom. The molecule has 1 aliphatic carbocycles.